The molecule has 2 unspecified atom stereocenters. The molecule has 2 amide bonds. The summed E-state index contributed by atoms with van der Waals surface area (Å²) in [7, 11) is 3.80. The van der Waals surface area contributed by atoms with Crippen molar-refractivity contribution in [3.8, 4) is 0 Å². The van der Waals surface area contributed by atoms with Crippen molar-refractivity contribution in [3.05, 3.63) is 12.2 Å². The number of ether oxygens (including phenoxy) is 2. The maximum Gasteiger partial charge on any atom is 0.420 e. The molecule has 158 valence electrons. The highest BCUT2D eigenvalue weighted by molar-refractivity contribution is 5.90. The normalized spacial score (nSPS) is 24.1. The molecule has 1 aliphatic heterocycles. The van der Waals surface area contributed by atoms with Gasteiger partial charge in [-0.15, -0.1) is 0 Å². The second-order valence-corrected chi connectivity index (χ2v) is 7.27. The van der Waals surface area contributed by atoms with Crippen LogP contribution in [-0.2, 0) is 19.1 Å². The van der Waals surface area contributed by atoms with Crippen LogP contribution >= 0.6 is 0 Å². The second kappa shape index (κ2) is 10.6. The number of imide groups is 1. The van der Waals surface area contributed by atoms with Crippen LogP contribution in [0.4, 0.5) is 9.59 Å². The summed E-state index contributed by atoms with van der Waals surface area (Å²) in [6, 6.07) is 0. The molecule has 0 aromatic carbocycles. The number of hydrogen-bond acceptors (Lipinski definition) is 7. The summed E-state index contributed by atoms with van der Waals surface area (Å²) in [5, 5.41) is 15.6. The maximum absolute atomic E-state index is 11.9. The standard InChI is InChI=1S/C14H24N2O4.C4H4O4/c1-11-5-4-6-14(9-11)10-16(13(18)20-14)12(17)19-8-7-15(2)3;5-3(6)1-2-4(7)8/h11H,4-10H2,1-3H3;1-2H,(H,5,6)(H,7,8)/b;2-1+. The summed E-state index contributed by atoms with van der Waals surface area (Å²) in [6.45, 7) is 3.40. The molecule has 10 nitrogen and oxygen atoms in total. The van der Waals surface area contributed by atoms with E-state index >= 15 is 0 Å². The van der Waals surface area contributed by atoms with Crippen LogP contribution in [0, 0.1) is 5.92 Å². The van der Waals surface area contributed by atoms with Gasteiger partial charge in [0.25, 0.3) is 0 Å². The molecular weight excluding hydrogens is 372 g/mol. The molecule has 1 saturated carbocycles. The number of amides is 2. The summed E-state index contributed by atoms with van der Waals surface area (Å²) in [6.07, 6.45) is 3.83. The van der Waals surface area contributed by atoms with Gasteiger partial charge in [0, 0.05) is 18.7 Å². The van der Waals surface area contributed by atoms with E-state index in [1.165, 1.54) is 0 Å². The van der Waals surface area contributed by atoms with Crippen LogP contribution in [-0.4, -0.2) is 83.5 Å². The number of carboxylic acids is 2. The number of nitrogens with zero attached hydrogens (tertiary/aromatic N) is 2. The molecule has 1 aliphatic carbocycles. The molecule has 0 bridgehead atoms. The molecule has 2 fully saturated rings. The lowest BCUT2D eigenvalue weighted by Crippen LogP contribution is -2.40. The summed E-state index contributed by atoms with van der Waals surface area (Å²) in [4.78, 5) is 45.9. The van der Waals surface area contributed by atoms with Crippen molar-refractivity contribution < 1.29 is 38.9 Å². The number of carbonyl (C=O) groups excluding carboxylic acids is 2. The fourth-order valence-electron chi connectivity index (χ4n) is 3.15. The zero-order chi connectivity index (χ0) is 21.3. The van der Waals surface area contributed by atoms with Crippen LogP contribution in [0.3, 0.4) is 0 Å². The van der Waals surface area contributed by atoms with Gasteiger partial charge in [0.15, 0.2) is 0 Å². The van der Waals surface area contributed by atoms with Crippen molar-refractivity contribution in [1.82, 2.24) is 9.80 Å². The summed E-state index contributed by atoms with van der Waals surface area (Å²) < 4.78 is 10.6. The third-order valence-corrected chi connectivity index (χ3v) is 4.37. The van der Waals surface area contributed by atoms with Crippen molar-refractivity contribution >= 4 is 24.1 Å². The Bertz CT molecular complexity index is 603. The topological polar surface area (TPSA) is 134 Å². The van der Waals surface area contributed by atoms with Gasteiger partial charge in [-0.2, -0.15) is 0 Å². The Morgan fingerprint density at radius 2 is 1.89 bits per heavy atom. The van der Waals surface area contributed by atoms with E-state index in [1.807, 2.05) is 19.0 Å². The minimum Gasteiger partial charge on any atom is -0.478 e. The first-order chi connectivity index (χ1) is 13.0. The number of hydrogen-bond donors (Lipinski definition) is 2. The van der Waals surface area contributed by atoms with Gasteiger partial charge in [-0.25, -0.2) is 24.1 Å². The number of aliphatic carboxylic acids is 2. The Balaban J connectivity index is 0.000000416. The Morgan fingerprint density at radius 3 is 2.39 bits per heavy atom. The molecule has 10 heteroatoms. The van der Waals surface area contributed by atoms with Crippen molar-refractivity contribution in [1.29, 1.82) is 0 Å². The van der Waals surface area contributed by atoms with Gasteiger partial charge in [0.1, 0.15) is 12.2 Å². The maximum atomic E-state index is 11.9. The number of likely N-dealkylation sites (N-methyl/N-ethyl adjacent to an activating group) is 1. The fraction of sp³-hybridized carbons (Fsp3) is 0.667. The van der Waals surface area contributed by atoms with E-state index < -0.39 is 29.7 Å². The molecular formula is C18H28N2O8. The lowest BCUT2D eigenvalue weighted by Gasteiger charge is -2.34. The van der Waals surface area contributed by atoms with Crippen LogP contribution in [0.25, 0.3) is 0 Å². The van der Waals surface area contributed by atoms with Crippen LogP contribution < -0.4 is 0 Å². The first-order valence-corrected chi connectivity index (χ1v) is 9.00. The van der Waals surface area contributed by atoms with Crippen LogP contribution in [0.2, 0.25) is 0 Å². The van der Waals surface area contributed by atoms with E-state index in [0.717, 1.165) is 30.6 Å². The number of rotatable bonds is 5. The first kappa shape index (κ1) is 23.4. The van der Waals surface area contributed by atoms with Gasteiger partial charge in [0.2, 0.25) is 0 Å². The molecule has 2 rings (SSSR count). The van der Waals surface area contributed by atoms with Crippen molar-refractivity contribution in [2.75, 3.05) is 33.8 Å². The predicted molar refractivity (Wildman–Crippen MR) is 97.9 cm³/mol. The van der Waals surface area contributed by atoms with E-state index in [-0.39, 0.29) is 6.61 Å². The van der Waals surface area contributed by atoms with E-state index in [2.05, 4.69) is 6.92 Å². The first-order valence-electron chi connectivity index (χ1n) is 9.00. The Kier molecular flexibility index (Phi) is 8.90. The fourth-order valence-corrected chi connectivity index (χ4v) is 3.15. The molecule has 1 heterocycles. The lowest BCUT2D eigenvalue weighted by molar-refractivity contribution is -0.134. The Hall–Kier alpha value is -2.62. The zero-order valence-electron chi connectivity index (χ0n) is 16.4. The van der Waals surface area contributed by atoms with E-state index in [9.17, 15) is 19.2 Å². The lowest BCUT2D eigenvalue weighted by atomic mass is 9.79. The van der Waals surface area contributed by atoms with E-state index in [1.54, 1.807) is 0 Å². The predicted octanol–water partition coefficient (Wildman–Crippen LogP) is 1.80. The average molecular weight is 400 g/mol. The average Bonchev–Trinajstić information content (AvgIpc) is 2.88. The highest BCUT2D eigenvalue weighted by Gasteiger charge is 2.49. The van der Waals surface area contributed by atoms with Crippen molar-refractivity contribution in [3.63, 3.8) is 0 Å². The van der Waals surface area contributed by atoms with Crippen LogP contribution in [0.15, 0.2) is 12.2 Å². The minimum absolute atomic E-state index is 0.277. The van der Waals surface area contributed by atoms with Gasteiger partial charge in [-0.1, -0.05) is 13.3 Å². The molecule has 2 aliphatic rings. The summed E-state index contributed by atoms with van der Waals surface area (Å²) >= 11 is 0. The molecule has 2 N–H and O–H groups in total. The molecule has 1 saturated heterocycles. The Morgan fingerprint density at radius 1 is 1.29 bits per heavy atom. The van der Waals surface area contributed by atoms with Gasteiger partial charge < -0.3 is 24.6 Å². The highest BCUT2D eigenvalue weighted by Crippen LogP contribution is 2.39. The van der Waals surface area contributed by atoms with Gasteiger partial charge in [-0.3, -0.25) is 0 Å². The van der Waals surface area contributed by atoms with Crippen LogP contribution in [0.5, 0.6) is 0 Å². The van der Waals surface area contributed by atoms with E-state index in [4.69, 9.17) is 19.7 Å². The second-order valence-electron chi connectivity index (χ2n) is 7.27. The smallest absolute Gasteiger partial charge is 0.420 e. The molecule has 1 spiro atoms. The number of carboxylic acid groups (broad SMARTS) is 2. The van der Waals surface area contributed by atoms with Gasteiger partial charge in [0.05, 0.1) is 6.54 Å². The monoisotopic (exact) mass is 400 g/mol. The van der Waals surface area contributed by atoms with E-state index in [0.29, 0.717) is 31.2 Å². The van der Waals surface area contributed by atoms with Crippen molar-refractivity contribution in [2.24, 2.45) is 5.92 Å². The molecule has 2 atom stereocenters. The molecule has 0 radical (unpaired) electrons. The molecule has 0 aromatic heterocycles. The third-order valence-electron chi connectivity index (χ3n) is 4.37. The SMILES string of the molecule is CC1CCCC2(C1)CN(C(=O)OCCN(C)C)C(=O)O2.O=C(O)/C=C/C(=O)O. The van der Waals surface area contributed by atoms with Crippen molar-refractivity contribution in [2.45, 2.75) is 38.2 Å². The number of carbonyl (C=O) groups is 4. The molecule has 0 aromatic rings. The zero-order valence-corrected chi connectivity index (χ0v) is 16.4. The third kappa shape index (κ3) is 7.95. The minimum atomic E-state index is -1.26. The quantitative estimate of drug-likeness (QED) is 0.662. The highest BCUT2D eigenvalue weighted by atomic mass is 16.6. The van der Waals surface area contributed by atoms with Gasteiger partial charge >= 0.3 is 24.1 Å². The molecule has 28 heavy (non-hydrogen) atoms. The summed E-state index contributed by atoms with van der Waals surface area (Å²) in [5.74, 6) is -1.99. The van der Waals surface area contributed by atoms with Gasteiger partial charge in [-0.05, 0) is 39.3 Å². The van der Waals surface area contributed by atoms with Crippen LogP contribution in [0.1, 0.15) is 32.6 Å². The largest absolute Gasteiger partial charge is 0.478 e. The Labute approximate surface area is 163 Å². The summed E-state index contributed by atoms with van der Waals surface area (Å²) in [5.41, 5.74) is -0.477.